The summed E-state index contributed by atoms with van der Waals surface area (Å²) in [6.45, 7) is 8.23. The quantitative estimate of drug-likeness (QED) is 0.539. The van der Waals surface area contributed by atoms with Gasteiger partial charge in [0.2, 0.25) is 0 Å². The third kappa shape index (κ3) is 3.22. The SMILES string of the molecule is Cc1ccc(C(=O)n2c3c(c4c(C)ccc(C)c42)CC(C(=O)CCl)CC3)cc1C. The van der Waals surface area contributed by atoms with Gasteiger partial charge in [-0.3, -0.25) is 14.2 Å². The number of fused-ring (bicyclic) bond motifs is 3. The van der Waals surface area contributed by atoms with Crippen LogP contribution < -0.4 is 0 Å². The molecule has 1 unspecified atom stereocenters. The Labute approximate surface area is 176 Å². The van der Waals surface area contributed by atoms with Crippen LogP contribution in [0.5, 0.6) is 0 Å². The molecule has 0 radical (unpaired) electrons. The van der Waals surface area contributed by atoms with Crippen molar-refractivity contribution in [2.45, 2.75) is 47.0 Å². The van der Waals surface area contributed by atoms with Crippen molar-refractivity contribution in [2.75, 3.05) is 5.88 Å². The molecule has 1 heterocycles. The molecule has 1 aliphatic rings. The number of nitrogens with zero attached hydrogens (tertiary/aromatic N) is 1. The van der Waals surface area contributed by atoms with E-state index in [9.17, 15) is 9.59 Å². The van der Waals surface area contributed by atoms with E-state index in [-0.39, 0.29) is 23.5 Å². The van der Waals surface area contributed by atoms with Crippen LogP contribution in [0.3, 0.4) is 0 Å². The summed E-state index contributed by atoms with van der Waals surface area (Å²) in [5, 5.41) is 1.13. The number of halogens is 1. The maximum atomic E-state index is 13.7. The molecule has 1 aliphatic carbocycles. The monoisotopic (exact) mass is 407 g/mol. The lowest BCUT2D eigenvalue weighted by Crippen LogP contribution is -2.25. The van der Waals surface area contributed by atoms with Crippen molar-refractivity contribution in [3.8, 4) is 0 Å². The Morgan fingerprint density at radius 1 is 1.00 bits per heavy atom. The first-order chi connectivity index (χ1) is 13.8. The van der Waals surface area contributed by atoms with E-state index in [1.807, 2.05) is 29.7 Å². The number of aromatic nitrogens is 1. The van der Waals surface area contributed by atoms with Crippen molar-refractivity contribution in [1.29, 1.82) is 0 Å². The zero-order chi connectivity index (χ0) is 20.9. The predicted molar refractivity (Wildman–Crippen MR) is 118 cm³/mol. The fourth-order valence-electron chi connectivity index (χ4n) is 4.63. The fourth-order valence-corrected chi connectivity index (χ4v) is 4.85. The van der Waals surface area contributed by atoms with Gasteiger partial charge in [-0.05, 0) is 86.9 Å². The summed E-state index contributed by atoms with van der Waals surface area (Å²) in [6, 6.07) is 10.1. The average molecular weight is 408 g/mol. The van der Waals surface area contributed by atoms with Gasteiger partial charge in [0.1, 0.15) is 0 Å². The normalized spacial score (nSPS) is 16.1. The van der Waals surface area contributed by atoms with Crippen LogP contribution in [-0.2, 0) is 17.6 Å². The van der Waals surface area contributed by atoms with Crippen molar-refractivity contribution in [3.63, 3.8) is 0 Å². The Morgan fingerprint density at radius 3 is 2.38 bits per heavy atom. The highest BCUT2D eigenvalue weighted by molar-refractivity contribution is 6.28. The molecule has 0 amide bonds. The largest absolute Gasteiger partial charge is 0.298 e. The first-order valence-corrected chi connectivity index (χ1v) is 10.7. The van der Waals surface area contributed by atoms with Gasteiger partial charge in [0.05, 0.1) is 11.4 Å². The number of benzene rings is 2. The van der Waals surface area contributed by atoms with E-state index in [1.165, 1.54) is 5.56 Å². The molecule has 0 bridgehead atoms. The molecule has 0 aliphatic heterocycles. The van der Waals surface area contributed by atoms with Crippen LogP contribution in [0.25, 0.3) is 10.9 Å². The minimum atomic E-state index is -0.0596. The van der Waals surface area contributed by atoms with Crippen LogP contribution in [-0.4, -0.2) is 22.1 Å². The van der Waals surface area contributed by atoms with Crippen LogP contribution in [0, 0.1) is 33.6 Å². The van der Waals surface area contributed by atoms with Gasteiger partial charge in [0.25, 0.3) is 5.91 Å². The standard InChI is InChI=1S/C25H26ClNO2/c1-14-7-8-19(11-17(14)4)25(29)27-21-10-9-18(22(28)13-26)12-20(21)23-15(2)5-6-16(3)24(23)27/h5-8,11,18H,9-10,12-13H2,1-4H3. The molecule has 0 N–H and O–H groups in total. The third-order valence-electron chi connectivity index (χ3n) is 6.46. The summed E-state index contributed by atoms with van der Waals surface area (Å²) in [6.07, 6.45) is 2.12. The summed E-state index contributed by atoms with van der Waals surface area (Å²) < 4.78 is 1.92. The lowest BCUT2D eigenvalue weighted by Gasteiger charge is -2.22. The maximum Gasteiger partial charge on any atom is 0.262 e. The summed E-state index contributed by atoms with van der Waals surface area (Å²) in [5.74, 6) is 0.105. The first-order valence-electron chi connectivity index (χ1n) is 10.2. The average Bonchev–Trinajstić information content (AvgIpc) is 3.07. The van der Waals surface area contributed by atoms with Gasteiger partial charge in [-0.25, -0.2) is 0 Å². The topological polar surface area (TPSA) is 39.1 Å². The highest BCUT2D eigenvalue weighted by atomic mass is 35.5. The first kappa shape index (κ1) is 19.9. The van der Waals surface area contributed by atoms with Gasteiger partial charge in [-0.1, -0.05) is 18.2 Å². The van der Waals surface area contributed by atoms with Crippen molar-refractivity contribution in [2.24, 2.45) is 5.92 Å². The van der Waals surface area contributed by atoms with E-state index >= 15 is 0 Å². The summed E-state index contributed by atoms with van der Waals surface area (Å²) in [7, 11) is 0. The minimum absolute atomic E-state index is 0.00942. The second kappa shape index (κ2) is 7.46. The zero-order valence-corrected chi connectivity index (χ0v) is 18.2. The van der Waals surface area contributed by atoms with Crippen LogP contribution in [0.1, 0.15) is 50.3 Å². The molecular weight excluding hydrogens is 382 g/mol. The highest BCUT2D eigenvalue weighted by Crippen LogP contribution is 2.38. The molecule has 2 aromatic carbocycles. The number of hydrogen-bond acceptors (Lipinski definition) is 2. The molecule has 0 saturated heterocycles. The van der Waals surface area contributed by atoms with Gasteiger partial charge in [-0.15, -0.1) is 11.6 Å². The van der Waals surface area contributed by atoms with Gasteiger partial charge >= 0.3 is 0 Å². The van der Waals surface area contributed by atoms with Gasteiger partial charge < -0.3 is 0 Å². The number of hydrogen-bond donors (Lipinski definition) is 0. The van der Waals surface area contributed by atoms with Crippen LogP contribution in [0.4, 0.5) is 0 Å². The smallest absolute Gasteiger partial charge is 0.262 e. The van der Waals surface area contributed by atoms with E-state index in [4.69, 9.17) is 11.6 Å². The van der Waals surface area contributed by atoms with Crippen molar-refractivity contribution < 1.29 is 9.59 Å². The number of carbonyl (C=O) groups is 2. The lowest BCUT2D eigenvalue weighted by molar-refractivity contribution is -0.120. The molecule has 0 fully saturated rings. The lowest BCUT2D eigenvalue weighted by atomic mass is 9.83. The third-order valence-corrected chi connectivity index (χ3v) is 6.72. The summed E-state index contributed by atoms with van der Waals surface area (Å²) in [4.78, 5) is 26.0. The maximum absolute atomic E-state index is 13.7. The molecule has 0 spiro atoms. The fraction of sp³-hybridized carbons (Fsp3) is 0.360. The van der Waals surface area contributed by atoms with E-state index < -0.39 is 0 Å². The molecule has 3 aromatic rings. The van der Waals surface area contributed by atoms with Crippen molar-refractivity contribution in [1.82, 2.24) is 4.57 Å². The molecular formula is C25H26ClNO2. The Bertz CT molecular complexity index is 1160. The highest BCUT2D eigenvalue weighted by Gasteiger charge is 2.32. The molecule has 150 valence electrons. The number of ketones is 1. The number of aryl methyl sites for hydroxylation is 4. The second-order valence-corrected chi connectivity index (χ2v) is 8.59. The molecule has 4 rings (SSSR count). The molecule has 3 nitrogen and oxygen atoms in total. The Hall–Kier alpha value is -2.39. The minimum Gasteiger partial charge on any atom is -0.298 e. The second-order valence-electron chi connectivity index (χ2n) is 8.33. The van der Waals surface area contributed by atoms with Crippen molar-refractivity contribution >= 4 is 34.2 Å². The van der Waals surface area contributed by atoms with E-state index in [2.05, 4.69) is 32.9 Å². The van der Waals surface area contributed by atoms with Gasteiger partial charge in [0.15, 0.2) is 5.78 Å². The molecule has 1 atom stereocenters. The van der Waals surface area contributed by atoms with E-state index in [0.29, 0.717) is 18.4 Å². The Morgan fingerprint density at radius 2 is 1.69 bits per heavy atom. The number of rotatable bonds is 3. The summed E-state index contributed by atoms with van der Waals surface area (Å²) in [5.41, 5.74) is 8.40. The molecule has 29 heavy (non-hydrogen) atoms. The van der Waals surface area contributed by atoms with Gasteiger partial charge in [-0.2, -0.15) is 0 Å². The van der Waals surface area contributed by atoms with Gasteiger partial charge in [0, 0.05) is 22.6 Å². The predicted octanol–water partition coefficient (Wildman–Crippen LogP) is 5.48. The number of alkyl halides is 1. The molecule has 0 saturated carbocycles. The van der Waals surface area contributed by atoms with Crippen LogP contribution in [0.2, 0.25) is 0 Å². The van der Waals surface area contributed by atoms with Crippen LogP contribution >= 0.6 is 11.6 Å². The zero-order valence-electron chi connectivity index (χ0n) is 17.4. The number of carbonyl (C=O) groups excluding carboxylic acids is 2. The van der Waals surface area contributed by atoms with E-state index in [0.717, 1.165) is 45.3 Å². The van der Waals surface area contributed by atoms with Crippen molar-refractivity contribution in [3.05, 3.63) is 69.4 Å². The molecule has 4 heteroatoms. The molecule has 1 aromatic heterocycles. The van der Waals surface area contributed by atoms with E-state index in [1.54, 1.807) is 0 Å². The number of Topliss-reactive ketones (excluding diaryl/α,β-unsaturated/α-hetero) is 1. The van der Waals surface area contributed by atoms with Crippen LogP contribution in [0.15, 0.2) is 30.3 Å². The summed E-state index contributed by atoms with van der Waals surface area (Å²) >= 11 is 5.84. The Kier molecular flexibility index (Phi) is 5.12. The Balaban J connectivity index is 1.95.